The van der Waals surface area contributed by atoms with E-state index in [0.29, 0.717) is 15.3 Å². The highest BCUT2D eigenvalue weighted by molar-refractivity contribution is 14.1. The molecule has 9 heteroatoms. The van der Waals surface area contributed by atoms with Crippen LogP contribution in [0.5, 0.6) is 0 Å². The summed E-state index contributed by atoms with van der Waals surface area (Å²) in [6, 6.07) is 0.470. The van der Waals surface area contributed by atoms with Crippen LogP contribution in [0, 0.1) is 10.5 Å². The fraction of sp³-hybridized carbons (Fsp3) is 0.222. The topological polar surface area (TPSA) is 67.5 Å². The van der Waals surface area contributed by atoms with E-state index < -0.39 is 23.5 Å². The lowest BCUT2D eigenvalue weighted by atomic mass is 10.3. The predicted octanol–water partition coefficient (Wildman–Crippen LogP) is 2.36. The minimum atomic E-state index is -4.70. The van der Waals surface area contributed by atoms with Crippen molar-refractivity contribution in [2.24, 2.45) is 0 Å². The molecule has 0 saturated carbocycles. The molecule has 0 spiro atoms. The fourth-order valence-corrected chi connectivity index (χ4v) is 1.85. The summed E-state index contributed by atoms with van der Waals surface area (Å²) in [5, 5.41) is 12.8. The van der Waals surface area contributed by atoms with Crippen molar-refractivity contribution in [2.45, 2.75) is 13.1 Å². The lowest BCUT2D eigenvalue weighted by molar-refractivity contribution is -0.141. The number of aryl methyl sites for hydroxylation is 1. The van der Waals surface area contributed by atoms with Crippen molar-refractivity contribution in [2.75, 3.05) is 0 Å². The van der Waals surface area contributed by atoms with Crippen LogP contribution in [0.25, 0.3) is 5.65 Å². The van der Waals surface area contributed by atoms with Crippen molar-refractivity contribution in [3.63, 3.8) is 0 Å². The van der Waals surface area contributed by atoms with E-state index in [4.69, 9.17) is 5.11 Å². The second-order valence-corrected chi connectivity index (χ2v) is 4.54. The summed E-state index contributed by atoms with van der Waals surface area (Å²) in [6.07, 6.45) is -4.70. The lowest BCUT2D eigenvalue weighted by Gasteiger charge is -2.07. The van der Waals surface area contributed by atoms with Gasteiger partial charge in [0.15, 0.2) is 11.3 Å². The third kappa shape index (κ3) is 2.02. The molecule has 0 fully saturated rings. The number of aromatic nitrogens is 3. The van der Waals surface area contributed by atoms with Crippen molar-refractivity contribution in [3.05, 3.63) is 26.7 Å². The standard InChI is InChI=1S/C9H5F3IN3O2/c1-3-6(13)7-14-5(9(10,11)12)2-4(8(17)18)16(7)15-3/h2H,1H3,(H,17,18). The van der Waals surface area contributed by atoms with Gasteiger partial charge in [-0.2, -0.15) is 18.3 Å². The maximum absolute atomic E-state index is 12.6. The summed E-state index contributed by atoms with van der Waals surface area (Å²) in [6.45, 7) is 1.56. The second kappa shape index (κ2) is 4.07. The normalized spacial score (nSPS) is 12.1. The quantitative estimate of drug-likeness (QED) is 0.782. The summed E-state index contributed by atoms with van der Waals surface area (Å²) in [5.41, 5.74) is -1.51. The van der Waals surface area contributed by atoms with Gasteiger partial charge in [-0.25, -0.2) is 14.3 Å². The number of carbonyl (C=O) groups is 1. The molecule has 2 aromatic heterocycles. The van der Waals surface area contributed by atoms with Gasteiger partial charge in [-0.3, -0.25) is 0 Å². The van der Waals surface area contributed by atoms with Crippen LogP contribution >= 0.6 is 22.6 Å². The molecule has 0 aliphatic rings. The van der Waals surface area contributed by atoms with Crippen LogP contribution in [-0.2, 0) is 6.18 Å². The molecular weight excluding hydrogens is 366 g/mol. The second-order valence-electron chi connectivity index (χ2n) is 3.46. The molecule has 0 aromatic carbocycles. The highest BCUT2D eigenvalue weighted by Crippen LogP contribution is 2.30. The summed E-state index contributed by atoms with van der Waals surface area (Å²) in [4.78, 5) is 14.4. The van der Waals surface area contributed by atoms with Crippen molar-refractivity contribution in [1.29, 1.82) is 0 Å². The molecule has 0 aliphatic carbocycles. The Morgan fingerprint density at radius 1 is 1.50 bits per heavy atom. The molecule has 96 valence electrons. The Balaban J connectivity index is 2.88. The van der Waals surface area contributed by atoms with Crippen LogP contribution in [0.3, 0.4) is 0 Å². The SMILES string of the molecule is Cc1nn2c(C(=O)O)cc(C(F)(F)F)nc2c1I. The fourth-order valence-electron chi connectivity index (χ4n) is 1.40. The van der Waals surface area contributed by atoms with Crippen LogP contribution in [-0.4, -0.2) is 25.7 Å². The Hall–Kier alpha value is -1.39. The van der Waals surface area contributed by atoms with Crippen LogP contribution in [0.2, 0.25) is 0 Å². The molecule has 2 aromatic rings. The molecule has 18 heavy (non-hydrogen) atoms. The van der Waals surface area contributed by atoms with Crippen LogP contribution in [0.4, 0.5) is 13.2 Å². The molecule has 0 amide bonds. The van der Waals surface area contributed by atoms with Gasteiger partial charge >= 0.3 is 12.1 Å². The Bertz CT molecular complexity index is 651. The number of halogens is 4. The third-order valence-electron chi connectivity index (χ3n) is 2.20. The number of alkyl halides is 3. The monoisotopic (exact) mass is 371 g/mol. The molecule has 1 N–H and O–H groups in total. The maximum Gasteiger partial charge on any atom is 0.433 e. The average Bonchev–Trinajstić information content (AvgIpc) is 2.52. The largest absolute Gasteiger partial charge is 0.477 e. The van der Waals surface area contributed by atoms with Gasteiger partial charge in [-0.15, -0.1) is 0 Å². The third-order valence-corrected chi connectivity index (χ3v) is 3.47. The molecule has 0 aliphatic heterocycles. The van der Waals surface area contributed by atoms with Gasteiger partial charge in [0.1, 0.15) is 5.69 Å². The highest BCUT2D eigenvalue weighted by atomic mass is 127. The van der Waals surface area contributed by atoms with Gasteiger partial charge in [0, 0.05) is 6.07 Å². The number of aromatic carboxylic acids is 1. The number of carboxylic acids is 1. The molecule has 0 unspecified atom stereocenters. The highest BCUT2D eigenvalue weighted by Gasteiger charge is 2.35. The van der Waals surface area contributed by atoms with Crippen LogP contribution in [0.15, 0.2) is 6.07 Å². The minimum absolute atomic E-state index is 0.111. The first-order chi connectivity index (χ1) is 8.21. The maximum atomic E-state index is 12.6. The van der Waals surface area contributed by atoms with E-state index >= 15 is 0 Å². The van der Waals surface area contributed by atoms with E-state index in [-0.39, 0.29) is 5.65 Å². The van der Waals surface area contributed by atoms with E-state index in [1.807, 2.05) is 0 Å². The summed E-state index contributed by atoms with van der Waals surface area (Å²) in [5.74, 6) is -1.49. The van der Waals surface area contributed by atoms with Gasteiger partial charge in [-0.05, 0) is 29.5 Å². The number of hydrogen-bond donors (Lipinski definition) is 1. The Kier molecular flexibility index (Phi) is 2.95. The van der Waals surface area contributed by atoms with E-state index in [0.717, 1.165) is 4.52 Å². The van der Waals surface area contributed by atoms with Gasteiger partial charge in [0.25, 0.3) is 0 Å². The van der Waals surface area contributed by atoms with Gasteiger partial charge < -0.3 is 5.11 Å². The van der Waals surface area contributed by atoms with Gasteiger partial charge in [0.2, 0.25) is 0 Å². The zero-order valence-electron chi connectivity index (χ0n) is 8.79. The first-order valence-corrected chi connectivity index (χ1v) is 5.66. The van der Waals surface area contributed by atoms with Crippen LogP contribution < -0.4 is 0 Å². The van der Waals surface area contributed by atoms with Crippen molar-refractivity contribution in [1.82, 2.24) is 14.6 Å². The molecule has 0 radical (unpaired) electrons. The number of carboxylic acid groups (broad SMARTS) is 1. The van der Waals surface area contributed by atoms with Crippen molar-refractivity contribution in [3.8, 4) is 0 Å². The molecule has 5 nitrogen and oxygen atoms in total. The summed E-state index contributed by atoms with van der Waals surface area (Å²) < 4.78 is 39.1. The number of rotatable bonds is 1. The first kappa shape index (κ1) is 13.1. The first-order valence-electron chi connectivity index (χ1n) is 4.58. The number of fused-ring (bicyclic) bond motifs is 1. The smallest absolute Gasteiger partial charge is 0.433 e. The molecule has 0 atom stereocenters. The molecule has 0 saturated heterocycles. The zero-order chi connectivity index (χ0) is 13.7. The summed E-state index contributed by atoms with van der Waals surface area (Å²) >= 11 is 1.78. The van der Waals surface area contributed by atoms with Crippen LogP contribution in [0.1, 0.15) is 21.9 Å². The minimum Gasteiger partial charge on any atom is -0.477 e. The lowest BCUT2D eigenvalue weighted by Crippen LogP contribution is -2.15. The van der Waals surface area contributed by atoms with Crippen molar-refractivity contribution < 1.29 is 23.1 Å². The van der Waals surface area contributed by atoms with E-state index in [1.165, 1.54) is 0 Å². The average molecular weight is 371 g/mol. The Labute approximate surface area is 112 Å². The van der Waals surface area contributed by atoms with Gasteiger partial charge in [-0.1, -0.05) is 0 Å². The van der Waals surface area contributed by atoms with Gasteiger partial charge in [0.05, 0.1) is 9.26 Å². The van der Waals surface area contributed by atoms with E-state index in [2.05, 4.69) is 10.1 Å². The predicted molar refractivity (Wildman–Crippen MR) is 62.4 cm³/mol. The zero-order valence-corrected chi connectivity index (χ0v) is 10.9. The molecular formula is C9H5F3IN3O2. The Morgan fingerprint density at radius 2 is 2.11 bits per heavy atom. The Morgan fingerprint density at radius 3 is 2.61 bits per heavy atom. The van der Waals surface area contributed by atoms with Crippen molar-refractivity contribution >= 4 is 34.2 Å². The molecule has 0 bridgehead atoms. The number of nitrogens with zero attached hydrogens (tertiary/aromatic N) is 3. The molecule has 2 rings (SSSR count). The van der Waals surface area contributed by atoms with E-state index in [1.54, 1.807) is 29.5 Å². The summed E-state index contributed by atoms with van der Waals surface area (Å²) in [7, 11) is 0. The van der Waals surface area contributed by atoms with E-state index in [9.17, 15) is 18.0 Å². The molecule has 2 heterocycles. The number of hydrogen-bond acceptors (Lipinski definition) is 3.